The smallest absolute Gasteiger partial charge is 0.0194 e. The highest BCUT2D eigenvalue weighted by Gasteiger charge is 2.24. The first-order valence-electron chi connectivity index (χ1n) is 7.14. The van der Waals surface area contributed by atoms with Gasteiger partial charge in [0.1, 0.15) is 0 Å². The zero-order chi connectivity index (χ0) is 12.0. The molecule has 0 radical (unpaired) electrons. The number of nitrogens with zero attached hydrogens (tertiary/aromatic N) is 1. The molecule has 0 aromatic heterocycles. The fraction of sp³-hybridized carbons (Fsp3) is 1.00. The lowest BCUT2D eigenvalue weighted by molar-refractivity contribution is 0.110. The Kier molecular flexibility index (Phi) is 6.37. The number of piperidine rings is 1. The van der Waals surface area contributed by atoms with E-state index < -0.39 is 0 Å². The molecule has 2 heteroatoms. The molecule has 1 fully saturated rings. The molecular formula is C14H30N2. The lowest BCUT2D eigenvalue weighted by atomic mass is 9.94. The summed E-state index contributed by atoms with van der Waals surface area (Å²) < 4.78 is 0. The molecule has 16 heavy (non-hydrogen) atoms. The van der Waals surface area contributed by atoms with Crippen molar-refractivity contribution in [3.63, 3.8) is 0 Å². The minimum Gasteiger partial charge on any atom is -0.313 e. The molecule has 96 valence electrons. The molecule has 0 saturated carbocycles. The molecule has 3 atom stereocenters. The van der Waals surface area contributed by atoms with Gasteiger partial charge in [-0.25, -0.2) is 0 Å². The van der Waals surface area contributed by atoms with Gasteiger partial charge in [0, 0.05) is 25.2 Å². The van der Waals surface area contributed by atoms with E-state index in [1.54, 1.807) is 0 Å². The molecule has 0 aliphatic carbocycles. The Bertz CT molecular complexity index is 176. The molecule has 1 aliphatic rings. The SMILES string of the molecule is CCCC(CN1CC(C)CCC1C)NCC. The average molecular weight is 226 g/mol. The standard InChI is InChI=1S/C14H30N2/c1-5-7-14(15-6-2)11-16-10-12(3)8-9-13(16)4/h12-15H,5-11H2,1-4H3. The topological polar surface area (TPSA) is 15.3 Å². The van der Waals surface area contributed by atoms with Gasteiger partial charge >= 0.3 is 0 Å². The van der Waals surface area contributed by atoms with Crippen LogP contribution in [0.3, 0.4) is 0 Å². The second kappa shape index (κ2) is 7.29. The summed E-state index contributed by atoms with van der Waals surface area (Å²) in [5, 5.41) is 3.62. The molecule has 1 saturated heterocycles. The van der Waals surface area contributed by atoms with Crippen molar-refractivity contribution in [2.24, 2.45) is 5.92 Å². The van der Waals surface area contributed by atoms with E-state index in [4.69, 9.17) is 0 Å². The maximum absolute atomic E-state index is 3.62. The van der Waals surface area contributed by atoms with Gasteiger partial charge in [0.25, 0.3) is 0 Å². The summed E-state index contributed by atoms with van der Waals surface area (Å²) in [5.74, 6) is 0.889. The van der Waals surface area contributed by atoms with Crippen LogP contribution in [0.2, 0.25) is 0 Å². The summed E-state index contributed by atoms with van der Waals surface area (Å²) in [4.78, 5) is 2.69. The van der Waals surface area contributed by atoms with Gasteiger partial charge in [-0.3, -0.25) is 4.90 Å². The van der Waals surface area contributed by atoms with Gasteiger partial charge in [-0.2, -0.15) is 0 Å². The third-order valence-corrected chi connectivity index (χ3v) is 3.83. The molecule has 0 bridgehead atoms. The number of likely N-dealkylation sites (tertiary alicyclic amines) is 1. The monoisotopic (exact) mass is 226 g/mol. The van der Waals surface area contributed by atoms with Crippen LogP contribution in [-0.2, 0) is 0 Å². The van der Waals surface area contributed by atoms with Gasteiger partial charge in [-0.15, -0.1) is 0 Å². The summed E-state index contributed by atoms with van der Waals surface area (Å²) in [6.07, 6.45) is 5.39. The third-order valence-electron chi connectivity index (χ3n) is 3.83. The number of nitrogens with one attached hydrogen (secondary N) is 1. The molecule has 0 aromatic carbocycles. The first kappa shape index (κ1) is 14.0. The van der Waals surface area contributed by atoms with E-state index in [1.807, 2.05) is 0 Å². The normalized spacial score (nSPS) is 29.2. The number of likely N-dealkylation sites (N-methyl/N-ethyl adjacent to an activating group) is 1. The van der Waals surface area contributed by atoms with Gasteiger partial charge in [0.15, 0.2) is 0 Å². The summed E-state index contributed by atoms with van der Waals surface area (Å²) in [7, 11) is 0. The molecule has 2 nitrogen and oxygen atoms in total. The minimum absolute atomic E-state index is 0.697. The van der Waals surface area contributed by atoms with E-state index in [0.29, 0.717) is 6.04 Å². The Labute approximate surface area is 102 Å². The van der Waals surface area contributed by atoms with Crippen molar-refractivity contribution in [2.45, 2.75) is 65.5 Å². The quantitative estimate of drug-likeness (QED) is 0.749. The van der Waals surface area contributed by atoms with E-state index in [2.05, 4.69) is 37.9 Å². The molecule has 1 N–H and O–H groups in total. The first-order chi connectivity index (χ1) is 7.67. The van der Waals surface area contributed by atoms with E-state index in [1.165, 1.54) is 38.8 Å². The van der Waals surface area contributed by atoms with Gasteiger partial charge < -0.3 is 5.32 Å². The van der Waals surface area contributed by atoms with E-state index in [-0.39, 0.29) is 0 Å². The zero-order valence-corrected chi connectivity index (χ0v) is 11.6. The van der Waals surface area contributed by atoms with Gasteiger partial charge in [0.2, 0.25) is 0 Å². The van der Waals surface area contributed by atoms with Crippen LogP contribution in [0.25, 0.3) is 0 Å². The fourth-order valence-corrected chi connectivity index (χ4v) is 2.81. The first-order valence-corrected chi connectivity index (χ1v) is 7.14. The number of hydrogen-bond donors (Lipinski definition) is 1. The molecule has 0 spiro atoms. The predicted octanol–water partition coefficient (Wildman–Crippen LogP) is 2.89. The summed E-state index contributed by atoms with van der Waals surface area (Å²) in [6.45, 7) is 12.9. The maximum Gasteiger partial charge on any atom is 0.0194 e. The van der Waals surface area contributed by atoms with Crippen LogP contribution in [0.1, 0.15) is 53.4 Å². The third kappa shape index (κ3) is 4.42. The summed E-state index contributed by atoms with van der Waals surface area (Å²) >= 11 is 0. The molecule has 0 aromatic rings. The molecule has 1 heterocycles. The lowest BCUT2D eigenvalue weighted by Gasteiger charge is -2.39. The number of rotatable bonds is 6. The highest BCUT2D eigenvalue weighted by Crippen LogP contribution is 2.21. The largest absolute Gasteiger partial charge is 0.313 e. The molecule has 1 aliphatic heterocycles. The van der Waals surface area contributed by atoms with Crippen LogP contribution in [0.15, 0.2) is 0 Å². The van der Waals surface area contributed by atoms with Crippen LogP contribution >= 0.6 is 0 Å². The Balaban J connectivity index is 2.41. The van der Waals surface area contributed by atoms with Crippen molar-refractivity contribution in [3.8, 4) is 0 Å². The van der Waals surface area contributed by atoms with Crippen molar-refractivity contribution < 1.29 is 0 Å². The zero-order valence-electron chi connectivity index (χ0n) is 11.6. The van der Waals surface area contributed by atoms with Crippen LogP contribution in [-0.4, -0.2) is 36.6 Å². The van der Waals surface area contributed by atoms with Gasteiger partial charge in [-0.1, -0.05) is 27.2 Å². The van der Waals surface area contributed by atoms with Crippen LogP contribution in [0.5, 0.6) is 0 Å². The minimum atomic E-state index is 0.697. The molecule has 1 rings (SSSR count). The van der Waals surface area contributed by atoms with Crippen LogP contribution in [0, 0.1) is 5.92 Å². The van der Waals surface area contributed by atoms with Crippen molar-refractivity contribution in [1.82, 2.24) is 10.2 Å². The Hall–Kier alpha value is -0.0800. The van der Waals surface area contributed by atoms with Crippen molar-refractivity contribution >= 4 is 0 Å². The Morgan fingerprint density at radius 2 is 2.00 bits per heavy atom. The van der Waals surface area contributed by atoms with Crippen LogP contribution < -0.4 is 5.32 Å². The van der Waals surface area contributed by atoms with Crippen molar-refractivity contribution in [2.75, 3.05) is 19.6 Å². The fourth-order valence-electron chi connectivity index (χ4n) is 2.81. The molecular weight excluding hydrogens is 196 g/mol. The Morgan fingerprint density at radius 1 is 1.25 bits per heavy atom. The number of hydrogen-bond acceptors (Lipinski definition) is 2. The second-order valence-electron chi connectivity index (χ2n) is 5.53. The second-order valence-corrected chi connectivity index (χ2v) is 5.53. The average Bonchev–Trinajstić information content (AvgIpc) is 2.24. The van der Waals surface area contributed by atoms with Gasteiger partial charge in [0.05, 0.1) is 0 Å². The van der Waals surface area contributed by atoms with Crippen molar-refractivity contribution in [1.29, 1.82) is 0 Å². The molecule has 3 unspecified atom stereocenters. The summed E-state index contributed by atoms with van der Waals surface area (Å²) in [6, 6.07) is 1.48. The van der Waals surface area contributed by atoms with Crippen LogP contribution in [0.4, 0.5) is 0 Å². The summed E-state index contributed by atoms with van der Waals surface area (Å²) in [5.41, 5.74) is 0. The molecule has 0 amide bonds. The highest BCUT2D eigenvalue weighted by atomic mass is 15.2. The highest BCUT2D eigenvalue weighted by molar-refractivity contribution is 4.81. The lowest BCUT2D eigenvalue weighted by Crippen LogP contribution is -2.48. The van der Waals surface area contributed by atoms with E-state index in [9.17, 15) is 0 Å². The van der Waals surface area contributed by atoms with Gasteiger partial charge in [-0.05, 0) is 38.6 Å². The van der Waals surface area contributed by atoms with E-state index >= 15 is 0 Å². The maximum atomic E-state index is 3.62. The predicted molar refractivity (Wildman–Crippen MR) is 71.8 cm³/mol. The van der Waals surface area contributed by atoms with Crippen molar-refractivity contribution in [3.05, 3.63) is 0 Å². The Morgan fingerprint density at radius 3 is 2.62 bits per heavy atom. The van der Waals surface area contributed by atoms with E-state index in [0.717, 1.165) is 18.5 Å².